The van der Waals surface area contributed by atoms with E-state index >= 15 is 4.39 Å². The Balaban J connectivity index is 1.81. The highest BCUT2D eigenvalue weighted by atomic mass is 19.1. The number of aliphatic hydroxyl groups excluding tert-OH is 1. The van der Waals surface area contributed by atoms with Gasteiger partial charge in [0.25, 0.3) is 0 Å². The first kappa shape index (κ1) is 24.8. The highest BCUT2D eigenvalue weighted by Crippen LogP contribution is 2.49. The van der Waals surface area contributed by atoms with Gasteiger partial charge in [0, 0.05) is 30.0 Å². The molecule has 1 fully saturated rings. The van der Waals surface area contributed by atoms with Crippen LogP contribution in [0.2, 0.25) is 0 Å². The highest BCUT2D eigenvalue weighted by molar-refractivity contribution is 6.10. The fourth-order valence-electron chi connectivity index (χ4n) is 4.24. The summed E-state index contributed by atoms with van der Waals surface area (Å²) in [6, 6.07) is 2.91. The summed E-state index contributed by atoms with van der Waals surface area (Å²) in [6.07, 6.45) is 2.78. The number of carboxylic acid groups (broad SMARTS) is 1. The zero-order chi connectivity index (χ0) is 25.7. The zero-order valence-corrected chi connectivity index (χ0v) is 19.5. The van der Waals surface area contributed by atoms with E-state index in [9.17, 15) is 28.2 Å². The first-order valence-corrected chi connectivity index (χ1v) is 11.1. The minimum Gasteiger partial charge on any atom is -0.486 e. The van der Waals surface area contributed by atoms with Crippen LogP contribution in [0.3, 0.4) is 0 Å². The summed E-state index contributed by atoms with van der Waals surface area (Å²) >= 11 is 0. The van der Waals surface area contributed by atoms with E-state index in [2.05, 4.69) is 0 Å². The summed E-state index contributed by atoms with van der Waals surface area (Å²) in [5.41, 5.74) is 0.993. The van der Waals surface area contributed by atoms with Gasteiger partial charge >= 0.3 is 5.97 Å². The van der Waals surface area contributed by atoms with Crippen molar-refractivity contribution in [2.24, 2.45) is 5.41 Å². The maximum Gasteiger partial charge on any atom is 0.337 e. The fraction of sp³-hybridized carbons (Fsp3) is 0.346. The number of anilines is 1. The molecule has 4 rings (SSSR count). The second-order valence-corrected chi connectivity index (χ2v) is 9.73. The van der Waals surface area contributed by atoms with E-state index in [1.165, 1.54) is 12.3 Å². The van der Waals surface area contributed by atoms with Gasteiger partial charge in [-0.25, -0.2) is 22.4 Å². The van der Waals surface area contributed by atoms with Gasteiger partial charge < -0.3 is 19.8 Å². The highest BCUT2D eigenvalue weighted by Gasteiger charge is 2.38. The van der Waals surface area contributed by atoms with Gasteiger partial charge in [0.2, 0.25) is 0 Å². The number of aliphatic hydroxyl groups is 1. The predicted molar refractivity (Wildman–Crippen MR) is 122 cm³/mol. The monoisotopic (exact) mass is 491 g/mol. The van der Waals surface area contributed by atoms with Crippen molar-refractivity contribution in [3.63, 3.8) is 0 Å². The maximum absolute atomic E-state index is 15.2. The molecular formula is C26H25F4NO4. The van der Waals surface area contributed by atoms with E-state index in [-0.39, 0.29) is 17.9 Å². The number of aliphatic carboxylic acids is 1. The lowest BCUT2D eigenvalue weighted by Crippen LogP contribution is -2.45. The lowest BCUT2D eigenvalue weighted by Gasteiger charge is -2.42. The van der Waals surface area contributed by atoms with Crippen LogP contribution in [-0.2, 0) is 11.4 Å². The molecule has 5 nitrogen and oxygen atoms in total. The Labute approximate surface area is 199 Å². The van der Waals surface area contributed by atoms with Crippen molar-refractivity contribution in [2.45, 2.75) is 46.3 Å². The molecule has 2 N–H and O–H groups in total. The Hall–Kier alpha value is -3.33. The molecule has 0 amide bonds. The van der Waals surface area contributed by atoms with Crippen LogP contribution in [0.1, 0.15) is 44.7 Å². The van der Waals surface area contributed by atoms with E-state index in [1.807, 2.05) is 20.8 Å². The Kier molecular flexibility index (Phi) is 6.40. The smallest absolute Gasteiger partial charge is 0.337 e. The number of ether oxygens (including phenoxy) is 1. The standard InChI is InChI=1S/C26H25F4NO4/c1-26(2,3)23(11-32)31-10-16(25(33)34)24(13-4-5-13)15-8-22(20(30)9-21(15)31)35-12-17-18(28)6-14(27)7-19(17)29/h6-10,23,32H,4-5,11-12H2,1-3H3,(H,33,34)/t23-/m1/s1. The van der Waals surface area contributed by atoms with Crippen molar-refractivity contribution in [3.05, 3.63) is 76.0 Å². The van der Waals surface area contributed by atoms with Crippen molar-refractivity contribution < 1.29 is 37.3 Å². The third-order valence-corrected chi connectivity index (χ3v) is 6.21. The first-order valence-electron chi connectivity index (χ1n) is 11.1. The van der Waals surface area contributed by atoms with Gasteiger partial charge in [-0.2, -0.15) is 0 Å². The number of fused-ring (bicyclic) bond motifs is 1. The lowest BCUT2D eigenvalue weighted by molar-refractivity contribution is -0.132. The topological polar surface area (TPSA) is 70.0 Å². The number of allylic oxidation sites excluding steroid dienone is 1. The van der Waals surface area contributed by atoms with Gasteiger partial charge in [0.15, 0.2) is 11.6 Å². The molecule has 0 spiro atoms. The van der Waals surface area contributed by atoms with Gasteiger partial charge in [-0.3, -0.25) is 0 Å². The number of benzene rings is 2. The van der Waals surface area contributed by atoms with Gasteiger partial charge in [-0.15, -0.1) is 0 Å². The zero-order valence-electron chi connectivity index (χ0n) is 19.5. The molecule has 0 bridgehead atoms. The van der Waals surface area contributed by atoms with E-state index < -0.39 is 52.9 Å². The maximum atomic E-state index is 15.2. The fourth-order valence-corrected chi connectivity index (χ4v) is 4.24. The van der Waals surface area contributed by atoms with Crippen LogP contribution in [0.4, 0.5) is 23.2 Å². The summed E-state index contributed by atoms with van der Waals surface area (Å²) < 4.78 is 61.8. The van der Waals surface area contributed by atoms with Crippen LogP contribution in [0, 0.1) is 28.7 Å². The third kappa shape index (κ3) is 4.77. The van der Waals surface area contributed by atoms with E-state index in [4.69, 9.17) is 4.74 Å². The predicted octanol–water partition coefficient (Wildman–Crippen LogP) is 5.56. The van der Waals surface area contributed by atoms with Crippen molar-refractivity contribution in [1.29, 1.82) is 0 Å². The number of halogens is 4. The molecule has 0 saturated heterocycles. The quantitative estimate of drug-likeness (QED) is 0.518. The molecule has 2 aromatic rings. The van der Waals surface area contributed by atoms with E-state index in [1.54, 1.807) is 4.90 Å². The Morgan fingerprint density at radius 3 is 2.20 bits per heavy atom. The molecule has 1 saturated carbocycles. The van der Waals surface area contributed by atoms with Crippen molar-refractivity contribution in [2.75, 3.05) is 11.5 Å². The molecule has 1 atom stereocenters. The minimum absolute atomic E-state index is 0.000816. The molecule has 0 unspecified atom stereocenters. The van der Waals surface area contributed by atoms with E-state index in [0.29, 0.717) is 41.8 Å². The number of hydrogen-bond donors (Lipinski definition) is 2. The molecular weight excluding hydrogens is 466 g/mol. The number of nitrogens with zero attached hydrogens (tertiary/aromatic N) is 1. The summed E-state index contributed by atoms with van der Waals surface area (Å²) in [7, 11) is 0. The van der Waals surface area contributed by atoms with Crippen LogP contribution in [0.5, 0.6) is 5.75 Å². The van der Waals surface area contributed by atoms with Crippen LogP contribution in [0.15, 0.2) is 41.6 Å². The Morgan fingerprint density at radius 1 is 1.06 bits per heavy atom. The van der Waals surface area contributed by atoms with Gasteiger partial charge in [-0.05, 0) is 29.9 Å². The van der Waals surface area contributed by atoms with Crippen molar-refractivity contribution in [3.8, 4) is 5.75 Å². The van der Waals surface area contributed by atoms with Crippen molar-refractivity contribution in [1.82, 2.24) is 0 Å². The van der Waals surface area contributed by atoms with Gasteiger partial charge in [0.05, 0.1) is 29.5 Å². The summed E-state index contributed by atoms with van der Waals surface area (Å²) in [6.45, 7) is 4.59. The second kappa shape index (κ2) is 9.03. The normalized spacial score (nSPS) is 16.1. The molecule has 1 heterocycles. The average Bonchev–Trinajstić information content (AvgIpc) is 3.57. The van der Waals surface area contributed by atoms with Crippen LogP contribution in [0.25, 0.3) is 5.57 Å². The van der Waals surface area contributed by atoms with Gasteiger partial charge in [0.1, 0.15) is 24.1 Å². The molecule has 2 aliphatic rings. The molecule has 1 aliphatic carbocycles. The number of hydrogen-bond acceptors (Lipinski definition) is 4. The molecule has 0 radical (unpaired) electrons. The number of carboxylic acids is 1. The third-order valence-electron chi connectivity index (χ3n) is 6.21. The summed E-state index contributed by atoms with van der Waals surface area (Å²) in [4.78, 5) is 13.7. The molecule has 1 aliphatic heterocycles. The van der Waals surface area contributed by atoms with Crippen molar-refractivity contribution >= 4 is 17.2 Å². The largest absolute Gasteiger partial charge is 0.486 e. The average molecular weight is 491 g/mol. The first-order chi connectivity index (χ1) is 16.4. The molecule has 35 heavy (non-hydrogen) atoms. The number of rotatable bonds is 6. The van der Waals surface area contributed by atoms with Crippen LogP contribution in [-0.4, -0.2) is 28.8 Å². The van der Waals surface area contributed by atoms with E-state index in [0.717, 1.165) is 11.6 Å². The Bertz CT molecular complexity index is 1230. The Morgan fingerprint density at radius 2 is 1.69 bits per heavy atom. The van der Waals surface area contributed by atoms with Gasteiger partial charge in [-0.1, -0.05) is 26.3 Å². The molecule has 9 heteroatoms. The summed E-state index contributed by atoms with van der Waals surface area (Å²) in [5, 5.41) is 20.0. The molecule has 0 aromatic heterocycles. The molecule has 2 aromatic carbocycles. The SMILES string of the molecule is CC(C)(C)[C@@H](CO)N1C=C(C(=O)O)C(=C2CC2)c2cc(OCc3c(F)cc(F)cc3F)c(F)cc21. The number of carbonyl (C=O) groups is 1. The minimum atomic E-state index is -1.18. The lowest BCUT2D eigenvalue weighted by atomic mass is 9.83. The summed E-state index contributed by atoms with van der Waals surface area (Å²) in [5.74, 6) is -5.78. The molecule has 186 valence electrons. The van der Waals surface area contributed by atoms with Crippen LogP contribution >= 0.6 is 0 Å². The van der Waals surface area contributed by atoms with Crippen LogP contribution < -0.4 is 9.64 Å². The second-order valence-electron chi connectivity index (χ2n) is 9.73.